The smallest absolute Gasteiger partial charge is 0.339 e. The van der Waals surface area contributed by atoms with Crippen LogP contribution >= 0.6 is 23.5 Å². The first-order valence-electron chi connectivity index (χ1n) is 16.5. The monoisotopic (exact) mass is 762 g/mol. The molecule has 2 amide bonds. The lowest BCUT2D eigenvalue weighted by Gasteiger charge is -2.24. The minimum atomic E-state index is -0.989. The number of carbonyl (C=O) groups is 2. The van der Waals surface area contributed by atoms with Crippen molar-refractivity contribution >= 4 is 56.8 Å². The molecule has 0 aromatic carbocycles. The van der Waals surface area contributed by atoms with E-state index in [4.69, 9.17) is 28.7 Å². The Morgan fingerprint density at radius 2 is 1.15 bits per heavy atom. The Labute approximate surface area is 309 Å². The van der Waals surface area contributed by atoms with E-state index in [1.54, 1.807) is 39.8 Å². The van der Waals surface area contributed by atoms with E-state index in [1.165, 1.54) is 49.9 Å². The van der Waals surface area contributed by atoms with Crippen LogP contribution in [-0.4, -0.2) is 80.5 Å². The standard InChI is InChI=1S/2C17H23N3O5S/c2*1-5-6-12(13-7-11(24-4)8-14(21)25-13)18-16(22)17(3)9-26-15(19-17)10(2)20-23/h2*7-8,12,23H,5-6,9H2,1-4H3,(H,18,22)/b20-10+;20-10-/t2*12-,17-/m00/s1. The third-order valence-corrected chi connectivity index (χ3v) is 10.8. The second-order valence-corrected chi connectivity index (χ2v) is 14.3. The number of amides is 2. The molecule has 0 unspecified atom stereocenters. The maximum absolute atomic E-state index is 12.8. The van der Waals surface area contributed by atoms with E-state index in [-0.39, 0.29) is 11.8 Å². The van der Waals surface area contributed by atoms with E-state index >= 15 is 0 Å². The number of oxime groups is 2. The average molecular weight is 763 g/mol. The highest BCUT2D eigenvalue weighted by atomic mass is 32.2. The minimum Gasteiger partial charge on any atom is -0.496 e. The molecule has 2 aliphatic rings. The van der Waals surface area contributed by atoms with E-state index in [0.717, 1.165) is 12.8 Å². The molecule has 0 aliphatic carbocycles. The van der Waals surface area contributed by atoms with Gasteiger partial charge in [-0.25, -0.2) is 9.59 Å². The van der Waals surface area contributed by atoms with Gasteiger partial charge in [0.05, 0.1) is 38.4 Å². The van der Waals surface area contributed by atoms with Crippen LogP contribution in [0.25, 0.3) is 0 Å². The van der Waals surface area contributed by atoms with E-state index in [2.05, 4.69) is 30.9 Å². The Balaban J connectivity index is 0.000000280. The molecule has 0 fully saturated rings. The number of carbonyl (C=O) groups excluding carboxylic acids is 2. The molecule has 52 heavy (non-hydrogen) atoms. The Morgan fingerprint density at radius 1 is 0.788 bits per heavy atom. The first-order valence-corrected chi connectivity index (χ1v) is 18.5. The number of aliphatic imine (C=N–C) groups is 2. The molecular formula is C34H46N6O10S2. The van der Waals surface area contributed by atoms with Crippen molar-refractivity contribution in [2.24, 2.45) is 20.3 Å². The first-order chi connectivity index (χ1) is 24.6. The summed E-state index contributed by atoms with van der Waals surface area (Å²) in [5, 5.41) is 30.9. The molecule has 0 radical (unpaired) electrons. The fraction of sp³-hybridized carbons (Fsp3) is 0.529. The lowest BCUT2D eigenvalue weighted by atomic mass is 10.0. The van der Waals surface area contributed by atoms with Gasteiger partial charge in [-0.05, 0) is 40.5 Å². The van der Waals surface area contributed by atoms with Crippen LogP contribution in [0.1, 0.15) is 90.8 Å². The van der Waals surface area contributed by atoms with Crippen molar-refractivity contribution in [1.82, 2.24) is 10.6 Å². The fourth-order valence-electron chi connectivity index (χ4n) is 4.99. The number of methoxy groups -OCH3 is 2. The topological polar surface area (TPSA) is 227 Å². The Kier molecular flexibility index (Phi) is 15.1. The third kappa shape index (κ3) is 10.7. The van der Waals surface area contributed by atoms with Gasteiger partial charge in [-0.2, -0.15) is 0 Å². The molecule has 16 nitrogen and oxygen atoms in total. The number of thioether (sulfide) groups is 2. The van der Waals surface area contributed by atoms with Crippen molar-refractivity contribution < 1.29 is 38.3 Å². The molecule has 4 rings (SSSR count). The summed E-state index contributed by atoms with van der Waals surface area (Å²) >= 11 is 2.72. The maximum atomic E-state index is 12.8. The van der Waals surface area contributed by atoms with Gasteiger partial charge in [-0.15, -0.1) is 23.5 Å². The highest BCUT2D eigenvalue weighted by molar-refractivity contribution is 8.16. The number of hydrogen-bond donors (Lipinski definition) is 4. The molecule has 284 valence electrons. The zero-order chi connectivity index (χ0) is 38.6. The lowest BCUT2D eigenvalue weighted by Crippen LogP contribution is -2.45. The number of nitrogens with zero attached hydrogens (tertiary/aromatic N) is 4. The van der Waals surface area contributed by atoms with Crippen LogP contribution in [0.4, 0.5) is 0 Å². The number of nitrogens with one attached hydrogen (secondary N) is 2. The summed E-state index contributed by atoms with van der Waals surface area (Å²) in [7, 11) is 2.92. The van der Waals surface area contributed by atoms with Crippen LogP contribution in [0.3, 0.4) is 0 Å². The van der Waals surface area contributed by atoms with Crippen molar-refractivity contribution in [3.05, 3.63) is 56.6 Å². The second kappa shape index (κ2) is 18.8. The predicted molar refractivity (Wildman–Crippen MR) is 201 cm³/mol. The van der Waals surface area contributed by atoms with E-state index in [0.29, 0.717) is 68.9 Å². The summed E-state index contributed by atoms with van der Waals surface area (Å²) in [6, 6.07) is 4.76. The summed E-state index contributed by atoms with van der Waals surface area (Å²) in [6.45, 7) is 10.6. The summed E-state index contributed by atoms with van der Waals surface area (Å²) < 4.78 is 20.7. The third-order valence-electron chi connectivity index (χ3n) is 8.02. The molecule has 2 aromatic rings. The number of ether oxygens (including phenoxy) is 2. The largest absolute Gasteiger partial charge is 0.496 e. The van der Waals surface area contributed by atoms with Gasteiger partial charge >= 0.3 is 11.3 Å². The summed E-state index contributed by atoms with van der Waals surface area (Å²) in [5.41, 5.74) is -2.31. The molecule has 18 heteroatoms. The van der Waals surface area contributed by atoms with Crippen LogP contribution in [0.15, 0.2) is 63.0 Å². The normalized spacial score (nSPS) is 21.2. The van der Waals surface area contributed by atoms with Crippen molar-refractivity contribution in [3.8, 4) is 11.5 Å². The Morgan fingerprint density at radius 3 is 1.46 bits per heavy atom. The summed E-state index contributed by atoms with van der Waals surface area (Å²) in [5.74, 6) is 1.74. The maximum Gasteiger partial charge on any atom is 0.339 e. The van der Waals surface area contributed by atoms with Crippen LogP contribution in [0, 0.1) is 0 Å². The molecule has 0 saturated carbocycles. The highest BCUT2D eigenvalue weighted by Gasteiger charge is 2.41. The van der Waals surface area contributed by atoms with Gasteiger partial charge in [-0.1, -0.05) is 37.0 Å². The van der Waals surface area contributed by atoms with Crippen LogP contribution in [-0.2, 0) is 9.59 Å². The van der Waals surface area contributed by atoms with Gasteiger partial charge in [0.1, 0.15) is 55.6 Å². The van der Waals surface area contributed by atoms with Gasteiger partial charge in [0.2, 0.25) is 11.8 Å². The van der Waals surface area contributed by atoms with Crippen LogP contribution < -0.4 is 31.4 Å². The van der Waals surface area contributed by atoms with Crippen LogP contribution in [0.5, 0.6) is 11.5 Å². The van der Waals surface area contributed by atoms with Crippen molar-refractivity contribution in [2.75, 3.05) is 25.7 Å². The van der Waals surface area contributed by atoms with Crippen LogP contribution in [0.2, 0.25) is 0 Å². The molecule has 4 N–H and O–H groups in total. The molecule has 0 saturated heterocycles. The Bertz CT molecular complexity index is 1710. The number of rotatable bonds is 14. The quantitative estimate of drug-likeness (QED) is 0.117. The Hall–Kier alpha value is -4.58. The van der Waals surface area contributed by atoms with E-state index in [1.807, 2.05) is 13.8 Å². The molecule has 0 spiro atoms. The molecule has 2 aliphatic heterocycles. The van der Waals surface area contributed by atoms with Crippen molar-refractivity contribution in [3.63, 3.8) is 0 Å². The molecule has 4 atom stereocenters. The predicted octanol–water partition coefficient (Wildman–Crippen LogP) is 4.72. The van der Waals surface area contributed by atoms with E-state index in [9.17, 15) is 19.2 Å². The average Bonchev–Trinajstić information content (AvgIpc) is 3.74. The first kappa shape index (κ1) is 41.8. The number of hydrogen-bond acceptors (Lipinski definition) is 16. The summed E-state index contributed by atoms with van der Waals surface area (Å²) in [6.07, 6.45) is 2.75. The lowest BCUT2D eigenvalue weighted by molar-refractivity contribution is -0.126. The van der Waals surface area contributed by atoms with Gasteiger partial charge in [0, 0.05) is 23.6 Å². The van der Waals surface area contributed by atoms with Gasteiger partial charge in [0.25, 0.3) is 0 Å². The van der Waals surface area contributed by atoms with Gasteiger partial charge < -0.3 is 39.4 Å². The van der Waals surface area contributed by atoms with Gasteiger partial charge in [-0.3, -0.25) is 19.6 Å². The second-order valence-electron chi connectivity index (χ2n) is 12.4. The summed E-state index contributed by atoms with van der Waals surface area (Å²) in [4.78, 5) is 57.9. The zero-order valence-electron chi connectivity index (χ0n) is 30.5. The zero-order valence-corrected chi connectivity index (χ0v) is 32.1. The highest BCUT2D eigenvalue weighted by Crippen LogP contribution is 2.32. The van der Waals surface area contributed by atoms with Crippen molar-refractivity contribution in [2.45, 2.75) is 90.4 Å². The fourth-order valence-corrected chi connectivity index (χ4v) is 7.24. The molecule has 2 aromatic heterocycles. The van der Waals surface area contributed by atoms with Gasteiger partial charge in [0.15, 0.2) is 0 Å². The minimum absolute atomic E-state index is 0.283. The SMILES string of the molecule is CCC[C@H](NC(=O)[C@]1(C)CSC(/C(C)=N/O)=N1)c1cc(OC)cc(=O)o1.CCC[C@H](NC(=O)[C@]1(C)CSC(/C(C)=N\O)=N1)c1cc(OC)cc(=O)o1. The molecule has 0 bridgehead atoms. The van der Waals surface area contributed by atoms with Crippen molar-refractivity contribution in [1.29, 1.82) is 0 Å². The molecule has 4 heterocycles. The molecular weight excluding hydrogens is 717 g/mol. The van der Waals surface area contributed by atoms with E-state index < -0.39 is 34.4 Å².